The maximum absolute atomic E-state index is 10.9. The smallest absolute Gasteiger partial charge is 0.295 e. The zero-order valence-corrected chi connectivity index (χ0v) is 9.33. The Morgan fingerprint density at radius 1 is 1.47 bits per heavy atom. The van der Waals surface area contributed by atoms with Crippen LogP contribution in [0.25, 0.3) is 10.9 Å². The van der Waals surface area contributed by atoms with Gasteiger partial charge in [0.05, 0.1) is 11.0 Å². The third-order valence-electron chi connectivity index (χ3n) is 2.55. The van der Waals surface area contributed by atoms with Gasteiger partial charge in [0.15, 0.2) is 0 Å². The van der Waals surface area contributed by atoms with Crippen LogP contribution < -0.4 is 0 Å². The van der Waals surface area contributed by atoms with Crippen molar-refractivity contribution in [3.63, 3.8) is 0 Å². The lowest BCUT2D eigenvalue weighted by Gasteiger charge is -2.08. The number of fused-ring (bicyclic) bond motifs is 1. The molecule has 88 valence electrons. The largest absolute Gasteiger partial charge is 0.393 e. The molecule has 1 aromatic heterocycles. The molecule has 2 rings (SSSR count). The number of nitro groups is 1. The third-order valence-corrected chi connectivity index (χ3v) is 2.55. The molecule has 1 heterocycles. The van der Waals surface area contributed by atoms with Gasteiger partial charge in [-0.15, -0.1) is 0 Å². The average molecular weight is 232 g/mol. The number of nitrogens with zero attached hydrogens (tertiary/aromatic N) is 2. The minimum Gasteiger partial charge on any atom is -0.393 e. The fourth-order valence-electron chi connectivity index (χ4n) is 1.86. The van der Waals surface area contributed by atoms with Gasteiger partial charge in [-0.2, -0.15) is 0 Å². The maximum Gasteiger partial charge on any atom is 0.295 e. The van der Waals surface area contributed by atoms with Crippen molar-refractivity contribution >= 4 is 16.6 Å². The number of non-ortho nitro benzene ring substituents is 1. The van der Waals surface area contributed by atoms with E-state index >= 15 is 0 Å². The van der Waals surface area contributed by atoms with Gasteiger partial charge in [-0.05, 0) is 25.0 Å². The van der Waals surface area contributed by atoms with Gasteiger partial charge in [0.2, 0.25) is 0 Å². The van der Waals surface area contributed by atoms with E-state index < -0.39 is 11.0 Å². The third kappa shape index (κ3) is 2.24. The Kier molecular flexibility index (Phi) is 3.01. The first-order valence-corrected chi connectivity index (χ1v) is 5.28. The molecule has 1 aromatic carbocycles. The fraction of sp³-hybridized carbons (Fsp3) is 0.250. The summed E-state index contributed by atoms with van der Waals surface area (Å²) in [6, 6.07) is 6.63. The molecular weight excluding hydrogens is 220 g/mol. The zero-order chi connectivity index (χ0) is 12.4. The molecule has 5 heteroatoms. The molecule has 5 nitrogen and oxygen atoms in total. The van der Waals surface area contributed by atoms with Gasteiger partial charge in [-0.1, -0.05) is 12.1 Å². The number of hydrogen-bond acceptors (Lipinski definition) is 4. The van der Waals surface area contributed by atoms with Crippen molar-refractivity contribution in [2.24, 2.45) is 0 Å². The molecule has 17 heavy (non-hydrogen) atoms. The quantitative estimate of drug-likeness (QED) is 0.649. The predicted molar refractivity (Wildman–Crippen MR) is 63.8 cm³/mol. The second-order valence-electron chi connectivity index (χ2n) is 3.95. The highest BCUT2D eigenvalue weighted by Gasteiger charge is 2.15. The number of aromatic nitrogens is 1. The normalized spacial score (nSPS) is 12.6. The maximum atomic E-state index is 10.9. The van der Waals surface area contributed by atoms with Crippen molar-refractivity contribution in [3.8, 4) is 0 Å². The highest BCUT2D eigenvalue weighted by Crippen LogP contribution is 2.27. The molecule has 0 fully saturated rings. The van der Waals surface area contributed by atoms with E-state index in [2.05, 4.69) is 4.98 Å². The molecule has 0 aliphatic carbocycles. The number of hydrogen-bond donors (Lipinski definition) is 1. The fourth-order valence-corrected chi connectivity index (χ4v) is 1.86. The van der Waals surface area contributed by atoms with Crippen LogP contribution in [0.3, 0.4) is 0 Å². The summed E-state index contributed by atoms with van der Waals surface area (Å²) < 4.78 is 0. The van der Waals surface area contributed by atoms with E-state index in [-0.39, 0.29) is 5.69 Å². The van der Waals surface area contributed by atoms with Crippen LogP contribution in [0.5, 0.6) is 0 Å². The lowest BCUT2D eigenvalue weighted by atomic mass is 10.0. The van der Waals surface area contributed by atoms with Gasteiger partial charge < -0.3 is 5.11 Å². The van der Waals surface area contributed by atoms with E-state index in [1.807, 2.05) is 0 Å². The van der Waals surface area contributed by atoms with Crippen LogP contribution in [0.1, 0.15) is 12.5 Å². The minimum atomic E-state index is -0.486. The summed E-state index contributed by atoms with van der Waals surface area (Å²) in [5, 5.41) is 21.0. The lowest BCUT2D eigenvalue weighted by molar-refractivity contribution is -0.383. The molecule has 1 atom stereocenters. The van der Waals surface area contributed by atoms with Gasteiger partial charge in [-0.25, -0.2) is 4.98 Å². The monoisotopic (exact) mass is 232 g/mol. The average Bonchev–Trinajstić information content (AvgIpc) is 2.28. The van der Waals surface area contributed by atoms with Crippen molar-refractivity contribution in [2.45, 2.75) is 19.4 Å². The van der Waals surface area contributed by atoms with E-state index in [4.69, 9.17) is 0 Å². The van der Waals surface area contributed by atoms with Crippen molar-refractivity contribution in [3.05, 3.63) is 46.1 Å². The summed E-state index contributed by atoms with van der Waals surface area (Å²) in [6.45, 7) is 1.68. The standard InChI is InChI=1S/C12H12N2O3/c1-8(15)7-9-4-5-11(14(16)17)12-10(9)3-2-6-13-12/h2-6,8,15H,7H2,1H3. The number of nitro benzene ring substituents is 1. The van der Waals surface area contributed by atoms with E-state index in [0.29, 0.717) is 11.9 Å². The number of aliphatic hydroxyl groups excluding tert-OH is 1. The first-order valence-electron chi connectivity index (χ1n) is 5.28. The van der Waals surface area contributed by atoms with Gasteiger partial charge >= 0.3 is 0 Å². The van der Waals surface area contributed by atoms with Crippen molar-refractivity contribution < 1.29 is 10.0 Å². The van der Waals surface area contributed by atoms with Gasteiger partial charge in [0.1, 0.15) is 5.52 Å². The molecule has 0 saturated carbocycles. The van der Waals surface area contributed by atoms with Crippen molar-refractivity contribution in [1.29, 1.82) is 0 Å². The van der Waals surface area contributed by atoms with E-state index in [1.54, 1.807) is 25.1 Å². The van der Waals surface area contributed by atoms with Crippen LogP contribution in [0, 0.1) is 10.1 Å². The van der Waals surface area contributed by atoms with Gasteiger partial charge in [0.25, 0.3) is 5.69 Å². The first kappa shape index (κ1) is 11.5. The Morgan fingerprint density at radius 3 is 2.88 bits per heavy atom. The SMILES string of the molecule is CC(O)Cc1ccc([N+](=O)[O-])c2ncccc12. The summed E-state index contributed by atoms with van der Waals surface area (Å²) in [5.74, 6) is 0. The first-order chi connectivity index (χ1) is 8.09. The summed E-state index contributed by atoms with van der Waals surface area (Å²) >= 11 is 0. The van der Waals surface area contributed by atoms with Crippen molar-refractivity contribution in [1.82, 2.24) is 4.98 Å². The molecule has 0 aliphatic rings. The number of pyridine rings is 1. The zero-order valence-electron chi connectivity index (χ0n) is 9.33. The predicted octanol–water partition coefficient (Wildman–Crippen LogP) is 2.07. The summed E-state index contributed by atoms with van der Waals surface area (Å²) in [7, 11) is 0. The Balaban J connectivity index is 2.66. The van der Waals surface area contributed by atoms with Crippen LogP contribution >= 0.6 is 0 Å². The van der Waals surface area contributed by atoms with E-state index in [0.717, 1.165) is 10.9 Å². The lowest BCUT2D eigenvalue weighted by Crippen LogP contribution is -2.05. The molecule has 0 amide bonds. The molecule has 0 bridgehead atoms. The molecule has 1 unspecified atom stereocenters. The molecule has 0 aliphatic heterocycles. The van der Waals surface area contributed by atoms with Crippen molar-refractivity contribution in [2.75, 3.05) is 0 Å². The van der Waals surface area contributed by atoms with E-state index in [9.17, 15) is 15.2 Å². The number of rotatable bonds is 3. The van der Waals surface area contributed by atoms with Crippen LogP contribution in [-0.2, 0) is 6.42 Å². The van der Waals surface area contributed by atoms with E-state index in [1.165, 1.54) is 12.3 Å². The molecule has 2 aromatic rings. The number of aliphatic hydroxyl groups is 1. The topological polar surface area (TPSA) is 76.3 Å². The second kappa shape index (κ2) is 4.47. The Hall–Kier alpha value is -2.01. The minimum absolute atomic E-state index is 0.00468. The number of benzene rings is 1. The summed E-state index contributed by atoms with van der Waals surface area (Å²) in [5.41, 5.74) is 1.24. The molecule has 1 N–H and O–H groups in total. The van der Waals surface area contributed by atoms with Crippen LogP contribution in [0.2, 0.25) is 0 Å². The second-order valence-corrected chi connectivity index (χ2v) is 3.95. The summed E-state index contributed by atoms with van der Waals surface area (Å²) in [4.78, 5) is 14.5. The van der Waals surface area contributed by atoms with Crippen LogP contribution in [0.15, 0.2) is 30.5 Å². The van der Waals surface area contributed by atoms with Crippen LogP contribution in [0.4, 0.5) is 5.69 Å². The molecule has 0 saturated heterocycles. The molecule has 0 radical (unpaired) electrons. The van der Waals surface area contributed by atoms with Gasteiger partial charge in [-0.3, -0.25) is 10.1 Å². The Bertz CT molecular complexity index is 567. The molecular formula is C12H12N2O3. The Morgan fingerprint density at radius 2 is 2.24 bits per heavy atom. The van der Waals surface area contributed by atoms with Gasteiger partial charge in [0, 0.05) is 17.6 Å². The Labute approximate surface area is 97.9 Å². The highest BCUT2D eigenvalue weighted by molar-refractivity contribution is 5.89. The molecule has 0 spiro atoms. The highest BCUT2D eigenvalue weighted by atomic mass is 16.6. The summed E-state index contributed by atoms with van der Waals surface area (Å²) in [6.07, 6.45) is 1.50. The van der Waals surface area contributed by atoms with Crippen LogP contribution in [-0.4, -0.2) is 21.1 Å².